The van der Waals surface area contributed by atoms with Crippen LogP contribution < -0.4 is 5.32 Å². The lowest BCUT2D eigenvalue weighted by Crippen LogP contribution is -2.16. The standard InChI is InChI=1S/C22H21NO3S2/c1-14-9-11-17(12-10-14)27-13-18(24)23-21-20(22(25)26-3)19(15(2)28-21)16-7-5-4-6-8-16/h4-12H,13H2,1-3H3,(H,23,24). The van der Waals surface area contributed by atoms with Crippen LogP contribution >= 0.6 is 23.1 Å². The Balaban J connectivity index is 1.82. The topological polar surface area (TPSA) is 55.4 Å². The molecule has 0 saturated heterocycles. The van der Waals surface area contributed by atoms with E-state index in [1.807, 2.05) is 68.4 Å². The number of benzene rings is 2. The van der Waals surface area contributed by atoms with Gasteiger partial charge in [0.05, 0.1) is 12.9 Å². The Hall–Kier alpha value is -2.57. The lowest BCUT2D eigenvalue weighted by molar-refractivity contribution is -0.113. The number of amides is 1. The van der Waals surface area contributed by atoms with Gasteiger partial charge in [0, 0.05) is 15.3 Å². The smallest absolute Gasteiger partial charge is 0.341 e. The van der Waals surface area contributed by atoms with Gasteiger partial charge < -0.3 is 10.1 Å². The van der Waals surface area contributed by atoms with E-state index in [0.29, 0.717) is 10.6 Å². The molecule has 0 saturated carbocycles. The molecule has 4 nitrogen and oxygen atoms in total. The van der Waals surface area contributed by atoms with Crippen molar-refractivity contribution in [2.75, 3.05) is 18.2 Å². The molecule has 1 N–H and O–H groups in total. The largest absolute Gasteiger partial charge is 0.465 e. The van der Waals surface area contributed by atoms with Crippen molar-refractivity contribution in [3.05, 3.63) is 70.6 Å². The molecule has 0 radical (unpaired) electrons. The van der Waals surface area contributed by atoms with Crippen molar-refractivity contribution < 1.29 is 14.3 Å². The van der Waals surface area contributed by atoms with Crippen LogP contribution in [-0.4, -0.2) is 24.7 Å². The normalized spacial score (nSPS) is 10.5. The number of hydrogen-bond acceptors (Lipinski definition) is 5. The van der Waals surface area contributed by atoms with Crippen LogP contribution in [0.4, 0.5) is 5.00 Å². The minimum absolute atomic E-state index is 0.156. The Bertz CT molecular complexity index is 979. The molecule has 0 bridgehead atoms. The maximum absolute atomic E-state index is 12.5. The number of methoxy groups -OCH3 is 1. The highest BCUT2D eigenvalue weighted by atomic mass is 32.2. The number of nitrogens with one attached hydrogen (secondary N) is 1. The second-order valence-electron chi connectivity index (χ2n) is 6.24. The van der Waals surface area contributed by atoms with Crippen LogP contribution in [0.15, 0.2) is 59.5 Å². The molecule has 3 aromatic rings. The van der Waals surface area contributed by atoms with E-state index in [4.69, 9.17) is 4.74 Å². The number of thiophene rings is 1. The summed E-state index contributed by atoms with van der Waals surface area (Å²) in [6, 6.07) is 17.7. The first-order chi connectivity index (χ1) is 13.5. The molecule has 0 aliphatic carbocycles. The van der Waals surface area contributed by atoms with E-state index in [9.17, 15) is 9.59 Å². The second kappa shape index (κ2) is 9.08. The first-order valence-corrected chi connectivity index (χ1v) is 10.6. The van der Waals surface area contributed by atoms with Crippen molar-refractivity contribution in [1.82, 2.24) is 0 Å². The van der Waals surface area contributed by atoms with E-state index in [2.05, 4.69) is 5.32 Å². The Morgan fingerprint density at radius 1 is 1.04 bits per heavy atom. The third kappa shape index (κ3) is 4.64. The zero-order valence-corrected chi connectivity index (χ0v) is 17.6. The van der Waals surface area contributed by atoms with Gasteiger partial charge in [-0.3, -0.25) is 4.79 Å². The summed E-state index contributed by atoms with van der Waals surface area (Å²) < 4.78 is 4.99. The average molecular weight is 412 g/mol. The van der Waals surface area contributed by atoms with Gasteiger partial charge in [-0.25, -0.2) is 4.79 Å². The Morgan fingerprint density at radius 2 is 1.71 bits per heavy atom. The first kappa shape index (κ1) is 20.2. The highest BCUT2D eigenvalue weighted by Crippen LogP contribution is 2.40. The summed E-state index contributed by atoms with van der Waals surface area (Å²) in [6.07, 6.45) is 0. The molecule has 2 aromatic carbocycles. The van der Waals surface area contributed by atoms with E-state index in [1.54, 1.807) is 0 Å². The Morgan fingerprint density at radius 3 is 2.36 bits per heavy atom. The number of esters is 1. The molecular formula is C22H21NO3S2. The van der Waals surface area contributed by atoms with Gasteiger partial charge in [-0.1, -0.05) is 48.0 Å². The van der Waals surface area contributed by atoms with Crippen molar-refractivity contribution in [3.63, 3.8) is 0 Å². The predicted octanol–water partition coefficient (Wildman–Crippen LogP) is 5.55. The summed E-state index contributed by atoms with van der Waals surface area (Å²) in [5, 5.41) is 3.42. The van der Waals surface area contributed by atoms with Crippen molar-refractivity contribution in [2.24, 2.45) is 0 Å². The molecule has 0 fully saturated rings. The summed E-state index contributed by atoms with van der Waals surface area (Å²) >= 11 is 2.85. The highest BCUT2D eigenvalue weighted by Gasteiger charge is 2.25. The van der Waals surface area contributed by atoms with Crippen LogP contribution in [0.2, 0.25) is 0 Å². The third-order valence-corrected chi connectivity index (χ3v) is 6.21. The van der Waals surface area contributed by atoms with E-state index < -0.39 is 5.97 Å². The molecule has 0 aliphatic heterocycles. The SMILES string of the molecule is COC(=O)c1c(NC(=O)CSc2ccc(C)cc2)sc(C)c1-c1ccccc1. The highest BCUT2D eigenvalue weighted by molar-refractivity contribution is 8.00. The number of thioether (sulfide) groups is 1. The van der Waals surface area contributed by atoms with Gasteiger partial charge in [0.1, 0.15) is 10.6 Å². The molecule has 3 rings (SSSR count). The summed E-state index contributed by atoms with van der Waals surface area (Å²) in [6.45, 7) is 3.97. The Kier molecular flexibility index (Phi) is 6.54. The maximum Gasteiger partial charge on any atom is 0.341 e. The van der Waals surface area contributed by atoms with Crippen LogP contribution in [0.1, 0.15) is 20.8 Å². The van der Waals surface area contributed by atoms with Crippen molar-refractivity contribution in [2.45, 2.75) is 18.7 Å². The molecule has 28 heavy (non-hydrogen) atoms. The number of aryl methyl sites for hydroxylation is 2. The van der Waals surface area contributed by atoms with Crippen molar-refractivity contribution in [3.8, 4) is 11.1 Å². The fourth-order valence-corrected chi connectivity index (χ4v) is 4.61. The number of hydrogen-bond donors (Lipinski definition) is 1. The quantitative estimate of drug-likeness (QED) is 0.427. The minimum Gasteiger partial charge on any atom is -0.465 e. The fraction of sp³-hybridized carbons (Fsp3) is 0.182. The van der Waals surface area contributed by atoms with Gasteiger partial charge in [0.15, 0.2) is 0 Å². The zero-order valence-electron chi connectivity index (χ0n) is 15.9. The van der Waals surface area contributed by atoms with Crippen molar-refractivity contribution >= 4 is 40.0 Å². The molecule has 1 heterocycles. The zero-order chi connectivity index (χ0) is 20.1. The average Bonchev–Trinajstić information content (AvgIpc) is 3.03. The second-order valence-corrected chi connectivity index (χ2v) is 8.52. The van der Waals surface area contributed by atoms with E-state index in [-0.39, 0.29) is 11.7 Å². The van der Waals surface area contributed by atoms with Gasteiger partial charge >= 0.3 is 5.97 Å². The van der Waals surface area contributed by atoms with Crippen LogP contribution in [0, 0.1) is 13.8 Å². The molecule has 0 unspecified atom stereocenters. The van der Waals surface area contributed by atoms with Gasteiger partial charge in [0.2, 0.25) is 5.91 Å². The first-order valence-electron chi connectivity index (χ1n) is 8.76. The van der Waals surface area contributed by atoms with E-state index in [0.717, 1.165) is 20.9 Å². The molecule has 0 atom stereocenters. The molecule has 1 aromatic heterocycles. The third-order valence-electron chi connectivity index (χ3n) is 4.18. The fourth-order valence-electron chi connectivity index (χ4n) is 2.83. The molecular weight excluding hydrogens is 390 g/mol. The van der Waals surface area contributed by atoms with Gasteiger partial charge in [0.25, 0.3) is 0 Å². The minimum atomic E-state index is -0.454. The van der Waals surface area contributed by atoms with Crippen LogP contribution in [0.5, 0.6) is 0 Å². The summed E-state index contributed by atoms with van der Waals surface area (Å²) in [5.41, 5.74) is 3.31. The van der Waals surface area contributed by atoms with Gasteiger partial charge in [-0.05, 0) is 31.5 Å². The van der Waals surface area contributed by atoms with Crippen LogP contribution in [0.25, 0.3) is 11.1 Å². The van der Waals surface area contributed by atoms with Gasteiger partial charge in [-0.2, -0.15) is 0 Å². The molecule has 6 heteroatoms. The summed E-state index contributed by atoms with van der Waals surface area (Å²) in [4.78, 5) is 26.9. The molecule has 1 amide bonds. The number of ether oxygens (including phenoxy) is 1. The number of carbonyl (C=O) groups excluding carboxylic acids is 2. The van der Waals surface area contributed by atoms with Crippen molar-refractivity contribution in [1.29, 1.82) is 0 Å². The summed E-state index contributed by atoms with van der Waals surface area (Å²) in [5.74, 6) is -0.345. The molecule has 144 valence electrons. The van der Waals surface area contributed by atoms with Gasteiger partial charge in [-0.15, -0.1) is 23.1 Å². The predicted molar refractivity (Wildman–Crippen MR) is 116 cm³/mol. The maximum atomic E-state index is 12.5. The number of carbonyl (C=O) groups is 2. The lowest BCUT2D eigenvalue weighted by atomic mass is 10.0. The van der Waals surface area contributed by atoms with E-state index >= 15 is 0 Å². The van der Waals surface area contributed by atoms with Crippen LogP contribution in [-0.2, 0) is 9.53 Å². The van der Waals surface area contributed by atoms with E-state index in [1.165, 1.54) is 35.8 Å². The Labute approximate surface area is 172 Å². The lowest BCUT2D eigenvalue weighted by Gasteiger charge is -2.08. The summed E-state index contributed by atoms with van der Waals surface area (Å²) in [7, 11) is 1.35. The van der Waals surface area contributed by atoms with Crippen LogP contribution in [0.3, 0.4) is 0 Å². The monoisotopic (exact) mass is 411 g/mol. The number of anilines is 1. The number of rotatable bonds is 6. The molecule has 0 spiro atoms. The molecule has 0 aliphatic rings.